The Morgan fingerprint density at radius 3 is 1.28 bits per heavy atom. The van der Waals surface area contributed by atoms with Crippen molar-refractivity contribution in [2.75, 3.05) is 4.90 Å². The van der Waals surface area contributed by atoms with Crippen molar-refractivity contribution in [3.05, 3.63) is 236 Å². The third-order valence-corrected chi connectivity index (χ3v) is 10.8. The Morgan fingerprint density at radius 1 is 0.263 bits per heavy atom. The van der Waals surface area contributed by atoms with Gasteiger partial charge in [0.05, 0.1) is 5.48 Å². The molecule has 0 heterocycles. The molecule has 0 spiro atoms. The van der Waals surface area contributed by atoms with E-state index in [4.69, 9.17) is 0 Å². The molecule has 0 atom stereocenters. The molecule has 10 rings (SSSR count). The van der Waals surface area contributed by atoms with E-state index in [9.17, 15) is 5.48 Å². The van der Waals surface area contributed by atoms with Crippen LogP contribution in [0.3, 0.4) is 0 Å². The van der Waals surface area contributed by atoms with Crippen LogP contribution in [-0.4, -0.2) is 0 Å². The Kier molecular flexibility index (Phi) is 7.84. The van der Waals surface area contributed by atoms with Gasteiger partial charge in [0, 0.05) is 17.1 Å². The van der Waals surface area contributed by atoms with Gasteiger partial charge in [-0.25, -0.2) is 0 Å². The Hall–Kier alpha value is -7.48. The van der Waals surface area contributed by atoms with Crippen LogP contribution in [0.4, 0.5) is 17.1 Å². The van der Waals surface area contributed by atoms with E-state index < -0.39 is 0 Å². The lowest BCUT2D eigenvalue weighted by Gasteiger charge is -2.26. The molecule has 0 aliphatic rings. The van der Waals surface area contributed by atoms with Crippen molar-refractivity contribution < 1.29 is 5.48 Å². The molecule has 0 N–H and O–H groups in total. The van der Waals surface area contributed by atoms with Gasteiger partial charge in [-0.2, -0.15) is 0 Å². The molecule has 0 saturated carbocycles. The lowest BCUT2D eigenvalue weighted by molar-refractivity contribution is 1.28. The highest BCUT2D eigenvalue weighted by Crippen LogP contribution is 2.39. The van der Waals surface area contributed by atoms with Crippen LogP contribution in [0.1, 0.15) is 5.48 Å². The fourth-order valence-corrected chi connectivity index (χ4v) is 7.84. The number of nitrogens with zero attached hydrogens (tertiary/aromatic N) is 1. The number of hydrogen-bond donors (Lipinski definition) is 0. The largest absolute Gasteiger partial charge is 0.311 e. The van der Waals surface area contributed by atoms with E-state index in [1.165, 1.54) is 16.3 Å². The molecule has 0 aromatic heterocycles. The van der Waals surface area contributed by atoms with Gasteiger partial charge in [0.1, 0.15) is 0 Å². The van der Waals surface area contributed by atoms with E-state index >= 15 is 0 Å². The summed E-state index contributed by atoms with van der Waals surface area (Å²) in [6.45, 7) is 0. The second kappa shape index (κ2) is 15.0. The fourth-order valence-electron chi connectivity index (χ4n) is 7.84. The first-order valence-corrected chi connectivity index (χ1v) is 19.3. The summed E-state index contributed by atoms with van der Waals surface area (Å²) in [5.74, 6) is 0. The van der Waals surface area contributed by atoms with Crippen LogP contribution in [0, 0.1) is 0 Å². The highest BCUT2D eigenvalue weighted by molar-refractivity contribution is 5.98. The number of fused-ring (bicyclic) bond motifs is 2. The van der Waals surface area contributed by atoms with Crippen LogP contribution in [0.5, 0.6) is 0 Å². The van der Waals surface area contributed by atoms with Gasteiger partial charge in [0.2, 0.25) is 0 Å². The molecular formula is C56H39N. The van der Waals surface area contributed by atoms with Gasteiger partial charge in [0.25, 0.3) is 0 Å². The van der Waals surface area contributed by atoms with Crippen LogP contribution in [0.2, 0.25) is 0 Å². The third-order valence-electron chi connectivity index (χ3n) is 10.8. The number of hydrogen-bond acceptors (Lipinski definition) is 1. The Morgan fingerprint density at radius 2 is 0.667 bits per heavy atom. The summed E-state index contributed by atoms with van der Waals surface area (Å²) >= 11 is 0. The van der Waals surface area contributed by atoms with Crippen LogP contribution >= 0.6 is 0 Å². The lowest BCUT2D eigenvalue weighted by atomic mass is 9.95. The number of benzene rings is 10. The lowest BCUT2D eigenvalue weighted by Crippen LogP contribution is -2.09. The van der Waals surface area contributed by atoms with Crippen molar-refractivity contribution in [3.8, 4) is 55.6 Å². The average molecular weight is 730 g/mol. The maximum Gasteiger partial charge on any atom is 0.0645 e. The van der Waals surface area contributed by atoms with Gasteiger partial charge in [-0.15, -0.1) is 0 Å². The molecule has 0 amide bonds. The summed E-state index contributed by atoms with van der Waals surface area (Å²) in [5, 5.41) is 4.71. The van der Waals surface area contributed by atoms with Gasteiger partial charge in [0.15, 0.2) is 0 Å². The second-order valence-electron chi connectivity index (χ2n) is 14.2. The SMILES string of the molecule is [2H]c1c([2H])c(N(c2ccc(-c3cccc(-c4cccc5ccccc45)c3)cc2)c2ccc(-c3cccc4ccccc34)cc2)c([2H])c([2H])c1-c1ccc(-c2ccccc2)cc1. The first kappa shape index (κ1) is 29.8. The summed E-state index contributed by atoms with van der Waals surface area (Å²) < 4.78 is 37.7. The molecule has 0 fully saturated rings. The summed E-state index contributed by atoms with van der Waals surface area (Å²) in [5.41, 5.74) is 11.1. The molecule has 0 unspecified atom stereocenters. The summed E-state index contributed by atoms with van der Waals surface area (Å²) in [4.78, 5) is 1.85. The standard InChI is InChI=1S/C56H39N/c1-2-11-40(12-3-1)41-23-25-42(26-24-41)43-27-33-50(34-28-43)57(52-37-31-47(32-38-52)55-21-9-15-45-13-4-6-19-53(45)55)51-35-29-44(30-36-51)48-17-8-18-49(39-48)56-22-10-16-46-14-5-7-20-54(46)56/h1-39H/i27D,28D,33D,34D. The molecule has 1 nitrogen and oxygen atoms in total. The van der Waals surface area contributed by atoms with E-state index in [1.54, 1.807) is 0 Å². The van der Waals surface area contributed by atoms with Crippen molar-refractivity contribution >= 4 is 38.6 Å². The second-order valence-corrected chi connectivity index (χ2v) is 14.2. The zero-order valence-corrected chi connectivity index (χ0v) is 31.2. The molecule has 0 aliphatic heterocycles. The van der Waals surface area contributed by atoms with Gasteiger partial charge in [-0.1, -0.05) is 194 Å². The molecule has 0 radical (unpaired) electrons. The minimum absolute atomic E-state index is 0.0947. The minimum Gasteiger partial charge on any atom is -0.311 e. The van der Waals surface area contributed by atoms with Crippen molar-refractivity contribution in [3.63, 3.8) is 0 Å². The van der Waals surface area contributed by atoms with Crippen molar-refractivity contribution in [2.45, 2.75) is 0 Å². The van der Waals surface area contributed by atoms with Gasteiger partial charge in [-0.05, 0) is 120 Å². The highest BCUT2D eigenvalue weighted by atomic mass is 15.1. The summed E-state index contributed by atoms with van der Waals surface area (Å²) in [6, 6.07) is 71.6. The van der Waals surface area contributed by atoms with Gasteiger partial charge < -0.3 is 4.90 Å². The number of anilines is 3. The normalized spacial score (nSPS) is 12.1. The Labute approximate surface area is 340 Å². The van der Waals surface area contributed by atoms with Crippen LogP contribution in [-0.2, 0) is 0 Å². The summed E-state index contributed by atoms with van der Waals surface area (Å²) in [7, 11) is 0. The predicted molar refractivity (Wildman–Crippen MR) is 243 cm³/mol. The first-order chi connectivity index (χ1) is 29.9. The minimum atomic E-state index is -0.117. The first-order valence-electron chi connectivity index (χ1n) is 21.3. The van der Waals surface area contributed by atoms with E-state index in [0.717, 1.165) is 55.4 Å². The molecule has 10 aromatic rings. The highest BCUT2D eigenvalue weighted by Gasteiger charge is 2.15. The molecule has 0 aliphatic carbocycles. The van der Waals surface area contributed by atoms with Crippen molar-refractivity contribution in [2.24, 2.45) is 0 Å². The quantitative estimate of drug-likeness (QED) is 0.151. The van der Waals surface area contributed by atoms with Crippen molar-refractivity contribution in [1.29, 1.82) is 0 Å². The van der Waals surface area contributed by atoms with Crippen molar-refractivity contribution in [1.82, 2.24) is 0 Å². The topological polar surface area (TPSA) is 3.24 Å². The molecule has 57 heavy (non-hydrogen) atoms. The molecular weight excluding hydrogens is 687 g/mol. The van der Waals surface area contributed by atoms with E-state index in [-0.39, 0.29) is 35.4 Å². The molecule has 10 aromatic carbocycles. The van der Waals surface area contributed by atoms with Crippen LogP contribution < -0.4 is 4.90 Å². The van der Waals surface area contributed by atoms with Crippen LogP contribution in [0.25, 0.3) is 77.2 Å². The number of rotatable bonds is 8. The monoisotopic (exact) mass is 729 g/mol. The van der Waals surface area contributed by atoms with E-state index in [1.807, 2.05) is 89.8 Å². The Bertz CT molecular complexity index is 3170. The van der Waals surface area contributed by atoms with E-state index in [0.29, 0.717) is 11.3 Å². The Balaban J connectivity index is 1.07. The zero-order valence-electron chi connectivity index (χ0n) is 35.2. The van der Waals surface area contributed by atoms with Crippen LogP contribution in [0.15, 0.2) is 236 Å². The zero-order chi connectivity index (χ0) is 41.5. The smallest absolute Gasteiger partial charge is 0.0645 e. The molecule has 268 valence electrons. The predicted octanol–water partition coefficient (Wildman–Crippen LogP) is 15.8. The summed E-state index contributed by atoms with van der Waals surface area (Å²) in [6.07, 6.45) is 0. The molecule has 0 saturated heterocycles. The maximum atomic E-state index is 9.50. The fraction of sp³-hybridized carbons (Fsp3) is 0. The van der Waals surface area contributed by atoms with E-state index in [2.05, 4.69) is 127 Å². The molecule has 0 bridgehead atoms. The molecule has 1 heteroatoms. The maximum absolute atomic E-state index is 9.50. The average Bonchev–Trinajstić information content (AvgIpc) is 3.33. The third kappa shape index (κ3) is 6.77. The van der Waals surface area contributed by atoms with Gasteiger partial charge >= 0.3 is 0 Å². The van der Waals surface area contributed by atoms with Gasteiger partial charge in [-0.3, -0.25) is 0 Å².